The second-order valence-electron chi connectivity index (χ2n) is 7.74. The fourth-order valence-corrected chi connectivity index (χ4v) is 4.97. The number of nitrogens with one attached hydrogen (secondary N) is 1. The zero-order valence-electron chi connectivity index (χ0n) is 17.4. The molecule has 32 heavy (non-hydrogen) atoms. The largest absolute Gasteiger partial charge is 0.490 e. The summed E-state index contributed by atoms with van der Waals surface area (Å²) in [5, 5.41) is 2.65. The Balaban J connectivity index is 1.44. The van der Waals surface area contributed by atoms with Crippen molar-refractivity contribution in [3.8, 4) is 5.75 Å². The topological polar surface area (TPSA) is 58.6 Å². The first-order chi connectivity index (χ1) is 15.5. The molecule has 0 radical (unpaired) electrons. The molecule has 0 aromatic heterocycles. The van der Waals surface area contributed by atoms with Crippen molar-refractivity contribution in [2.24, 2.45) is 0 Å². The summed E-state index contributed by atoms with van der Waals surface area (Å²) in [5.74, 6) is -0.367. The quantitative estimate of drug-likeness (QED) is 0.454. The number of thiocarbonyl (C=S) groups is 1. The van der Waals surface area contributed by atoms with Gasteiger partial charge in [-0.3, -0.25) is 14.5 Å². The molecule has 166 valence electrons. The van der Waals surface area contributed by atoms with Crippen LogP contribution in [0, 0.1) is 5.82 Å². The van der Waals surface area contributed by atoms with E-state index in [1.807, 2.05) is 24.3 Å². The van der Waals surface area contributed by atoms with Gasteiger partial charge in [-0.25, -0.2) is 4.39 Å². The summed E-state index contributed by atoms with van der Waals surface area (Å²) in [5.41, 5.74) is 1.26. The molecule has 0 spiro atoms. The number of para-hydroxylation sites is 1. The van der Waals surface area contributed by atoms with E-state index in [9.17, 15) is 14.0 Å². The highest BCUT2D eigenvalue weighted by atomic mass is 32.2. The third kappa shape index (κ3) is 5.55. The number of carbonyl (C=O) groups excluding carboxylic acids is 2. The van der Waals surface area contributed by atoms with Crippen molar-refractivity contribution in [3.05, 3.63) is 64.8 Å². The molecular formula is C24H23FN2O3S2. The zero-order chi connectivity index (χ0) is 22.5. The van der Waals surface area contributed by atoms with E-state index in [4.69, 9.17) is 17.0 Å². The van der Waals surface area contributed by atoms with Crippen molar-refractivity contribution in [2.75, 3.05) is 11.9 Å². The Labute approximate surface area is 196 Å². The fourth-order valence-electron chi connectivity index (χ4n) is 3.72. The van der Waals surface area contributed by atoms with E-state index in [0.717, 1.165) is 24.2 Å². The van der Waals surface area contributed by atoms with Crippen molar-refractivity contribution >= 4 is 51.9 Å². The number of halogens is 1. The molecule has 2 amide bonds. The number of rotatable bonds is 6. The maximum Gasteiger partial charge on any atom is 0.266 e. The number of amides is 2. The van der Waals surface area contributed by atoms with E-state index in [2.05, 4.69) is 5.32 Å². The van der Waals surface area contributed by atoms with E-state index in [0.29, 0.717) is 14.9 Å². The normalized spacial score (nSPS) is 18.3. The first-order valence-corrected chi connectivity index (χ1v) is 11.8. The van der Waals surface area contributed by atoms with Crippen LogP contribution in [0.25, 0.3) is 6.08 Å². The van der Waals surface area contributed by atoms with Gasteiger partial charge in [0.2, 0.25) is 5.91 Å². The van der Waals surface area contributed by atoms with Crippen LogP contribution in [0.2, 0.25) is 0 Å². The van der Waals surface area contributed by atoms with Gasteiger partial charge in [-0.15, -0.1) is 0 Å². The molecule has 0 atom stereocenters. The molecule has 1 aliphatic heterocycles. The van der Waals surface area contributed by atoms with Gasteiger partial charge < -0.3 is 10.1 Å². The zero-order valence-corrected chi connectivity index (χ0v) is 19.0. The van der Waals surface area contributed by atoms with Gasteiger partial charge in [0.25, 0.3) is 5.91 Å². The summed E-state index contributed by atoms with van der Waals surface area (Å²) < 4.78 is 19.6. The molecule has 1 N–H and O–H groups in total. The molecule has 1 aliphatic carbocycles. The average molecular weight is 471 g/mol. The highest BCUT2D eigenvalue weighted by molar-refractivity contribution is 8.26. The Morgan fingerprint density at radius 2 is 1.88 bits per heavy atom. The summed E-state index contributed by atoms with van der Waals surface area (Å²) in [6.45, 7) is -0.209. The lowest BCUT2D eigenvalue weighted by Gasteiger charge is -2.23. The second kappa shape index (κ2) is 10.3. The van der Waals surface area contributed by atoms with E-state index < -0.39 is 11.7 Å². The van der Waals surface area contributed by atoms with E-state index in [1.165, 1.54) is 60.2 Å². The van der Waals surface area contributed by atoms with Gasteiger partial charge in [0.15, 0.2) is 0 Å². The third-order valence-electron chi connectivity index (χ3n) is 5.35. The van der Waals surface area contributed by atoms with Crippen molar-refractivity contribution in [1.82, 2.24) is 4.90 Å². The highest BCUT2D eigenvalue weighted by Crippen LogP contribution is 2.35. The molecule has 2 aromatic rings. The van der Waals surface area contributed by atoms with Crippen LogP contribution in [-0.2, 0) is 9.59 Å². The number of benzene rings is 2. The predicted octanol–water partition coefficient (Wildman–Crippen LogP) is 5.38. The predicted molar refractivity (Wildman–Crippen MR) is 129 cm³/mol. The average Bonchev–Trinajstić information content (AvgIpc) is 3.05. The Morgan fingerprint density at radius 1 is 1.16 bits per heavy atom. The van der Waals surface area contributed by atoms with Gasteiger partial charge in [0.05, 0.1) is 11.0 Å². The van der Waals surface area contributed by atoms with E-state index in [1.54, 1.807) is 6.08 Å². The molecule has 0 bridgehead atoms. The molecule has 1 saturated carbocycles. The van der Waals surface area contributed by atoms with E-state index in [-0.39, 0.29) is 18.6 Å². The summed E-state index contributed by atoms with van der Waals surface area (Å²) in [7, 11) is 0. The van der Waals surface area contributed by atoms with Gasteiger partial charge in [-0.2, -0.15) is 0 Å². The molecule has 2 fully saturated rings. The van der Waals surface area contributed by atoms with Crippen LogP contribution in [0.5, 0.6) is 5.75 Å². The Hall–Kier alpha value is -2.71. The van der Waals surface area contributed by atoms with Crippen LogP contribution >= 0.6 is 24.0 Å². The molecule has 2 aromatic carbocycles. The van der Waals surface area contributed by atoms with Crippen LogP contribution in [0.15, 0.2) is 53.4 Å². The first-order valence-electron chi connectivity index (χ1n) is 10.6. The molecular weight excluding hydrogens is 447 g/mol. The maximum atomic E-state index is 13.0. The number of hydrogen-bond acceptors (Lipinski definition) is 5. The molecule has 5 nitrogen and oxygen atoms in total. The Kier molecular flexibility index (Phi) is 7.22. The van der Waals surface area contributed by atoms with Crippen LogP contribution in [-0.4, -0.2) is 33.7 Å². The third-order valence-corrected chi connectivity index (χ3v) is 6.73. The number of carbonyl (C=O) groups is 2. The number of nitrogens with zero attached hydrogens (tertiary/aromatic N) is 1. The lowest BCUT2D eigenvalue weighted by atomic mass is 9.97. The summed E-state index contributed by atoms with van der Waals surface area (Å²) in [6, 6.07) is 13.1. The molecule has 4 rings (SSSR count). The highest BCUT2D eigenvalue weighted by Gasteiger charge is 2.33. The number of thioether (sulfide) groups is 1. The van der Waals surface area contributed by atoms with Crippen LogP contribution < -0.4 is 10.1 Å². The monoisotopic (exact) mass is 470 g/mol. The van der Waals surface area contributed by atoms with Gasteiger partial charge in [0.1, 0.15) is 22.4 Å². The molecule has 2 aliphatic rings. The molecule has 0 unspecified atom stereocenters. The van der Waals surface area contributed by atoms with Crippen LogP contribution in [0.4, 0.5) is 10.1 Å². The van der Waals surface area contributed by atoms with Gasteiger partial charge >= 0.3 is 0 Å². The van der Waals surface area contributed by atoms with Crippen molar-refractivity contribution in [1.29, 1.82) is 0 Å². The Morgan fingerprint density at radius 3 is 2.62 bits per heavy atom. The number of anilines is 1. The molecule has 1 heterocycles. The summed E-state index contributed by atoms with van der Waals surface area (Å²) in [4.78, 5) is 27.0. The van der Waals surface area contributed by atoms with Gasteiger partial charge in [-0.1, -0.05) is 48.6 Å². The lowest BCUT2D eigenvalue weighted by molar-refractivity contribution is -0.126. The van der Waals surface area contributed by atoms with Crippen molar-refractivity contribution in [2.45, 2.75) is 38.2 Å². The summed E-state index contributed by atoms with van der Waals surface area (Å²) >= 11 is 6.51. The Bertz CT molecular complexity index is 1050. The minimum Gasteiger partial charge on any atom is -0.490 e. The van der Waals surface area contributed by atoms with Gasteiger partial charge in [-0.05, 0) is 62.1 Å². The minimum atomic E-state index is -0.407. The number of ether oxygens (including phenoxy) is 1. The lowest BCUT2D eigenvalue weighted by Crippen LogP contribution is -2.36. The van der Waals surface area contributed by atoms with Crippen LogP contribution in [0.3, 0.4) is 0 Å². The maximum absolute atomic E-state index is 13.0. The van der Waals surface area contributed by atoms with Gasteiger partial charge in [0, 0.05) is 11.3 Å². The van der Waals surface area contributed by atoms with Crippen molar-refractivity contribution < 1.29 is 18.7 Å². The smallest absolute Gasteiger partial charge is 0.266 e. The minimum absolute atomic E-state index is 0.197. The standard InChI is InChI=1S/C24H23FN2O3S2/c25-17-10-12-18(13-11-17)26-22(28)15-27-23(29)21(32-24(27)31)14-16-6-4-5-9-20(16)30-19-7-2-1-3-8-19/h4-6,9-14,19H,1-3,7-8,15H2,(H,26,28)/b21-14-. The molecule has 8 heteroatoms. The summed E-state index contributed by atoms with van der Waals surface area (Å²) in [6.07, 6.45) is 7.65. The molecule has 1 saturated heterocycles. The van der Waals surface area contributed by atoms with E-state index >= 15 is 0 Å². The number of hydrogen-bond donors (Lipinski definition) is 1. The second-order valence-corrected chi connectivity index (χ2v) is 9.41. The SMILES string of the molecule is O=C(CN1C(=O)/C(=C/c2ccccc2OC2CCCCC2)SC1=S)Nc1ccc(F)cc1. The van der Waals surface area contributed by atoms with Crippen molar-refractivity contribution in [3.63, 3.8) is 0 Å². The fraction of sp³-hybridized carbons (Fsp3) is 0.292. The van der Waals surface area contributed by atoms with Crippen LogP contribution in [0.1, 0.15) is 37.7 Å². The first kappa shape index (κ1) is 22.5.